The molecule has 1 aliphatic heterocycles. The highest BCUT2D eigenvalue weighted by Gasteiger charge is 2.45. The van der Waals surface area contributed by atoms with Crippen LogP contribution in [-0.4, -0.2) is 32.0 Å². The zero-order valence-corrected chi connectivity index (χ0v) is 24.5. The summed E-state index contributed by atoms with van der Waals surface area (Å²) in [4.78, 5) is 6.96. The van der Waals surface area contributed by atoms with E-state index < -0.39 is 18.1 Å². The quantitative estimate of drug-likeness (QED) is 0.171. The fraction of sp³-hybridized carbons (Fsp3) is 0.216. The van der Waals surface area contributed by atoms with Gasteiger partial charge in [0.05, 0.1) is 23.3 Å². The van der Waals surface area contributed by atoms with E-state index in [0.717, 1.165) is 70.0 Å². The summed E-state index contributed by atoms with van der Waals surface area (Å²) in [6.45, 7) is 8.76. The monoisotopic (exact) mass is 592 g/mol. The average molecular weight is 593 g/mol. The summed E-state index contributed by atoms with van der Waals surface area (Å²) in [5.41, 5.74) is 8.48. The molecule has 4 aromatic rings. The van der Waals surface area contributed by atoms with Gasteiger partial charge >= 0.3 is 6.18 Å². The van der Waals surface area contributed by atoms with Crippen LogP contribution in [0.4, 0.5) is 30.2 Å². The largest absolute Gasteiger partial charge is 0.405 e. The first kappa shape index (κ1) is 29.3. The van der Waals surface area contributed by atoms with Crippen LogP contribution in [0.3, 0.4) is 0 Å². The van der Waals surface area contributed by atoms with E-state index in [1.54, 1.807) is 0 Å². The van der Waals surface area contributed by atoms with Crippen molar-refractivity contribution in [2.75, 3.05) is 29.9 Å². The second kappa shape index (κ2) is 12.1. The molecule has 0 atom stereocenters. The minimum absolute atomic E-state index is 0.389. The second-order valence-corrected chi connectivity index (χ2v) is 11.3. The third kappa shape index (κ3) is 5.74. The fourth-order valence-electron chi connectivity index (χ4n) is 6.53. The molecule has 2 aliphatic rings. The van der Waals surface area contributed by atoms with Gasteiger partial charge in [-0.25, -0.2) is 0 Å². The van der Waals surface area contributed by atoms with Gasteiger partial charge in [-0.2, -0.15) is 13.2 Å². The Morgan fingerprint density at radius 1 is 0.841 bits per heavy atom. The topological polar surface area (TPSA) is 39.7 Å². The number of nitrogens with one attached hydrogen (secondary N) is 2. The van der Waals surface area contributed by atoms with Gasteiger partial charge < -0.3 is 15.5 Å². The molecule has 1 heterocycles. The molecule has 224 valence electrons. The molecule has 0 bridgehead atoms. The number of nitrogens with zero attached hydrogens (tertiary/aromatic N) is 2. The number of fused-ring (bicyclic) bond motifs is 4. The first-order valence-corrected chi connectivity index (χ1v) is 14.9. The summed E-state index contributed by atoms with van der Waals surface area (Å²) < 4.78 is 39.9. The molecule has 0 unspecified atom stereocenters. The third-order valence-corrected chi connectivity index (χ3v) is 8.58. The van der Waals surface area contributed by atoms with Crippen LogP contribution in [0.5, 0.6) is 0 Å². The molecule has 2 N–H and O–H groups in total. The van der Waals surface area contributed by atoms with Crippen molar-refractivity contribution in [2.24, 2.45) is 4.99 Å². The van der Waals surface area contributed by atoms with E-state index >= 15 is 0 Å². The maximum absolute atomic E-state index is 13.3. The second-order valence-electron chi connectivity index (χ2n) is 11.3. The summed E-state index contributed by atoms with van der Waals surface area (Å²) in [6, 6.07) is 32.2. The van der Waals surface area contributed by atoms with E-state index in [1.165, 1.54) is 0 Å². The van der Waals surface area contributed by atoms with Crippen molar-refractivity contribution in [3.63, 3.8) is 0 Å². The van der Waals surface area contributed by atoms with E-state index in [0.29, 0.717) is 18.7 Å². The average Bonchev–Trinajstić information content (AvgIpc) is 3.32. The van der Waals surface area contributed by atoms with Crippen LogP contribution in [0.1, 0.15) is 36.0 Å². The van der Waals surface area contributed by atoms with E-state index in [2.05, 4.69) is 51.9 Å². The Hall–Kier alpha value is -4.78. The van der Waals surface area contributed by atoms with Gasteiger partial charge in [0.25, 0.3) is 0 Å². The molecule has 4 nitrogen and oxygen atoms in total. The van der Waals surface area contributed by atoms with Gasteiger partial charge in [-0.1, -0.05) is 98.4 Å². The third-order valence-electron chi connectivity index (χ3n) is 8.58. The number of rotatable bonds is 11. The Labute approximate surface area is 256 Å². The summed E-state index contributed by atoms with van der Waals surface area (Å²) in [5, 5.41) is 6.05. The first-order valence-electron chi connectivity index (χ1n) is 14.9. The number of unbranched alkanes of at least 4 members (excludes halogenated alkanes) is 1. The normalized spacial score (nSPS) is 14.4. The van der Waals surface area contributed by atoms with Crippen molar-refractivity contribution in [3.8, 4) is 11.1 Å². The van der Waals surface area contributed by atoms with Gasteiger partial charge in [-0.05, 0) is 58.9 Å². The van der Waals surface area contributed by atoms with Crippen molar-refractivity contribution in [1.82, 2.24) is 5.32 Å². The Balaban J connectivity index is 1.17. The number of halogens is 3. The summed E-state index contributed by atoms with van der Waals surface area (Å²) >= 11 is 0. The van der Waals surface area contributed by atoms with Gasteiger partial charge in [0.2, 0.25) is 0 Å². The lowest BCUT2D eigenvalue weighted by molar-refractivity contribution is -0.123. The lowest BCUT2D eigenvalue weighted by Crippen LogP contribution is -2.39. The van der Waals surface area contributed by atoms with Crippen LogP contribution < -0.4 is 15.5 Å². The molecule has 0 saturated heterocycles. The first-order chi connectivity index (χ1) is 21.3. The molecule has 0 fully saturated rings. The van der Waals surface area contributed by atoms with E-state index in [1.807, 2.05) is 85.1 Å². The zero-order valence-electron chi connectivity index (χ0n) is 24.5. The number of hydrogen-bond acceptors (Lipinski definition) is 4. The number of benzene rings is 4. The highest BCUT2D eigenvalue weighted by Crippen LogP contribution is 2.54. The Bertz CT molecular complexity index is 1660. The predicted molar refractivity (Wildman–Crippen MR) is 176 cm³/mol. The smallest absolute Gasteiger partial charge is 0.379 e. The summed E-state index contributed by atoms with van der Waals surface area (Å²) in [5.74, 6) is 0. The number of allylic oxidation sites excluding steroid dienone is 1. The molecule has 0 spiro atoms. The predicted octanol–water partition coefficient (Wildman–Crippen LogP) is 9.09. The molecule has 44 heavy (non-hydrogen) atoms. The Morgan fingerprint density at radius 3 is 2.18 bits per heavy atom. The maximum Gasteiger partial charge on any atom is 0.405 e. The molecular weight excluding hydrogens is 557 g/mol. The number of aliphatic imine (C=N–C) groups is 1. The molecule has 6 rings (SSSR count). The van der Waals surface area contributed by atoms with E-state index in [9.17, 15) is 13.2 Å². The zero-order chi connectivity index (χ0) is 30.7. The van der Waals surface area contributed by atoms with Crippen LogP contribution in [-0.2, 0) is 5.41 Å². The minimum atomic E-state index is -4.34. The van der Waals surface area contributed by atoms with Gasteiger partial charge in [-0.15, -0.1) is 0 Å². The molecule has 0 radical (unpaired) electrons. The number of alkyl halides is 3. The van der Waals surface area contributed by atoms with Crippen LogP contribution >= 0.6 is 0 Å². The van der Waals surface area contributed by atoms with E-state index in [-0.39, 0.29) is 0 Å². The van der Waals surface area contributed by atoms with E-state index in [4.69, 9.17) is 0 Å². The lowest BCUT2D eigenvalue weighted by Gasteiger charge is -2.36. The van der Waals surface area contributed by atoms with Crippen molar-refractivity contribution in [1.29, 1.82) is 0 Å². The molecule has 0 saturated carbocycles. The van der Waals surface area contributed by atoms with Gasteiger partial charge in [0.1, 0.15) is 6.54 Å². The number of hydrogen-bond donors (Lipinski definition) is 2. The van der Waals surface area contributed by atoms with Gasteiger partial charge in [0.15, 0.2) is 0 Å². The molecule has 0 aromatic heterocycles. The maximum atomic E-state index is 13.3. The minimum Gasteiger partial charge on any atom is -0.379 e. The van der Waals surface area contributed by atoms with Crippen molar-refractivity contribution in [2.45, 2.75) is 30.9 Å². The Morgan fingerprint density at radius 2 is 1.50 bits per heavy atom. The molecule has 0 amide bonds. The number of anilines is 2. The van der Waals surface area contributed by atoms with Crippen LogP contribution in [0.25, 0.3) is 16.8 Å². The van der Waals surface area contributed by atoms with Gasteiger partial charge in [-0.3, -0.25) is 4.99 Å². The fourth-order valence-corrected chi connectivity index (χ4v) is 6.53. The van der Waals surface area contributed by atoms with Crippen LogP contribution in [0.2, 0.25) is 0 Å². The summed E-state index contributed by atoms with van der Waals surface area (Å²) in [7, 11) is 0. The van der Waals surface area contributed by atoms with Crippen LogP contribution in [0.15, 0.2) is 121 Å². The summed E-state index contributed by atoms with van der Waals surface area (Å²) in [6.07, 6.45) is -0.114. The Kier molecular flexibility index (Phi) is 8.04. The van der Waals surface area contributed by atoms with Crippen molar-refractivity contribution < 1.29 is 13.2 Å². The van der Waals surface area contributed by atoms with Gasteiger partial charge in [0, 0.05) is 29.8 Å². The molecule has 7 heteroatoms. The molecular formula is C37H35F3N4. The standard InChI is InChI=1S/C37H35F3N4/c1-26(28-12-4-3-5-13-28)43-29-18-19-35-34(24-29)41-21-23-44(35)22-11-10-20-36(27(2)42-25-37(38,39)40)32-16-8-6-14-30(32)31-15-7-9-17-33(31)36/h3-9,12-19,21,24,42-43H,1-2,10-11,20,22-23,25H2. The molecule has 1 aliphatic carbocycles. The lowest BCUT2D eigenvalue weighted by atomic mass is 9.72. The highest BCUT2D eigenvalue weighted by atomic mass is 19.4. The SMILES string of the molecule is C=C(Nc1ccc2c(c1)N=CCN2CCCCC1(C(=C)NCC(F)(F)F)c2ccccc2-c2ccccc21)c1ccccc1. The molecule has 4 aromatic carbocycles. The van der Waals surface area contributed by atoms with Crippen molar-refractivity contribution in [3.05, 3.63) is 133 Å². The van der Waals surface area contributed by atoms with Crippen molar-refractivity contribution >= 4 is 29.0 Å². The van der Waals surface area contributed by atoms with Crippen LogP contribution in [0, 0.1) is 0 Å². The highest BCUT2D eigenvalue weighted by molar-refractivity contribution is 5.86.